The van der Waals surface area contributed by atoms with Crippen molar-refractivity contribution in [3.8, 4) is 0 Å². The zero-order valence-corrected chi connectivity index (χ0v) is 12.6. The lowest BCUT2D eigenvalue weighted by Gasteiger charge is -2.28. The van der Waals surface area contributed by atoms with Crippen LogP contribution in [-0.4, -0.2) is 26.6 Å². The highest BCUT2D eigenvalue weighted by atomic mass is 79.9. The maximum absolute atomic E-state index is 12.4. The van der Waals surface area contributed by atoms with Crippen LogP contribution in [0.5, 0.6) is 0 Å². The van der Waals surface area contributed by atoms with Gasteiger partial charge in [-0.15, -0.1) is 0 Å². The summed E-state index contributed by atoms with van der Waals surface area (Å²) >= 11 is 3.54. The number of hydrogen-bond acceptors (Lipinski definition) is 2. The molecule has 0 radical (unpaired) electrons. The van der Waals surface area contributed by atoms with Gasteiger partial charge in [-0.25, -0.2) is 0 Å². The summed E-state index contributed by atoms with van der Waals surface area (Å²) in [6.07, 6.45) is 7.10. The van der Waals surface area contributed by atoms with E-state index in [1.54, 1.807) is 4.68 Å². The van der Waals surface area contributed by atoms with Crippen molar-refractivity contribution in [2.75, 3.05) is 5.33 Å². The monoisotopic (exact) mass is 313 g/mol. The van der Waals surface area contributed by atoms with Gasteiger partial charge >= 0.3 is 0 Å². The van der Waals surface area contributed by atoms with Crippen molar-refractivity contribution < 1.29 is 4.79 Å². The third-order valence-electron chi connectivity index (χ3n) is 3.68. The first-order valence-electron chi connectivity index (χ1n) is 6.51. The largest absolute Gasteiger partial charge is 0.346 e. The molecule has 100 valence electrons. The van der Waals surface area contributed by atoms with Gasteiger partial charge in [-0.1, -0.05) is 35.7 Å². The predicted molar refractivity (Wildman–Crippen MR) is 75.0 cm³/mol. The molecule has 5 heteroatoms. The molecule has 0 atom stereocenters. The lowest BCUT2D eigenvalue weighted by Crippen LogP contribution is -2.47. The van der Waals surface area contributed by atoms with Gasteiger partial charge in [0.05, 0.1) is 16.8 Å². The molecule has 0 saturated heterocycles. The Hall–Kier alpha value is -0.840. The second-order valence-electron chi connectivity index (χ2n) is 5.09. The molecule has 1 aromatic heterocycles. The Balaban J connectivity index is 2.16. The molecule has 2 rings (SSSR count). The van der Waals surface area contributed by atoms with Crippen LogP contribution in [0.15, 0.2) is 6.20 Å². The van der Waals surface area contributed by atoms with Crippen molar-refractivity contribution in [1.29, 1.82) is 0 Å². The number of aromatic nitrogens is 2. The number of carbonyl (C=O) groups is 1. The van der Waals surface area contributed by atoms with Crippen LogP contribution in [0.3, 0.4) is 0 Å². The van der Waals surface area contributed by atoms with Gasteiger partial charge in [-0.05, 0) is 19.3 Å². The van der Waals surface area contributed by atoms with Crippen molar-refractivity contribution in [1.82, 2.24) is 15.1 Å². The molecule has 1 aromatic rings. The zero-order chi connectivity index (χ0) is 13.2. The lowest BCUT2D eigenvalue weighted by molar-refractivity contribution is 0.0909. The summed E-state index contributed by atoms with van der Waals surface area (Å²) < 4.78 is 1.71. The summed E-state index contributed by atoms with van der Waals surface area (Å²) in [5.74, 6) is 0.0151. The Kier molecular flexibility index (Phi) is 4.10. The molecule has 1 saturated carbocycles. The average Bonchev–Trinajstić information content (AvgIpc) is 2.96. The molecule has 0 unspecified atom stereocenters. The first-order chi connectivity index (χ1) is 8.60. The molecule has 1 heterocycles. The minimum Gasteiger partial charge on any atom is -0.346 e. The number of aryl methyl sites for hydroxylation is 2. The molecule has 1 aliphatic carbocycles. The minimum atomic E-state index is -0.0576. The fourth-order valence-electron chi connectivity index (χ4n) is 2.64. The van der Waals surface area contributed by atoms with Crippen LogP contribution < -0.4 is 5.32 Å². The molecule has 18 heavy (non-hydrogen) atoms. The van der Waals surface area contributed by atoms with Crippen LogP contribution in [0.4, 0.5) is 0 Å². The van der Waals surface area contributed by atoms with Crippen molar-refractivity contribution in [2.45, 2.75) is 44.6 Å². The van der Waals surface area contributed by atoms with E-state index in [9.17, 15) is 4.79 Å². The molecule has 0 aliphatic heterocycles. The van der Waals surface area contributed by atoms with E-state index in [2.05, 4.69) is 26.3 Å². The molecule has 0 aromatic carbocycles. The van der Waals surface area contributed by atoms with E-state index in [1.165, 1.54) is 12.8 Å². The van der Waals surface area contributed by atoms with Crippen molar-refractivity contribution in [3.05, 3.63) is 17.5 Å². The molecule has 1 aliphatic rings. The summed E-state index contributed by atoms with van der Waals surface area (Å²) in [4.78, 5) is 12.4. The van der Waals surface area contributed by atoms with Gasteiger partial charge < -0.3 is 5.32 Å². The fraction of sp³-hybridized carbons (Fsp3) is 0.692. The van der Waals surface area contributed by atoms with Crippen molar-refractivity contribution in [2.24, 2.45) is 7.05 Å². The molecule has 1 fully saturated rings. The summed E-state index contributed by atoms with van der Waals surface area (Å²) in [5.41, 5.74) is 1.53. The number of hydrogen-bond donors (Lipinski definition) is 1. The van der Waals surface area contributed by atoms with E-state index in [1.807, 2.05) is 20.2 Å². The van der Waals surface area contributed by atoms with Gasteiger partial charge in [0.1, 0.15) is 0 Å². The van der Waals surface area contributed by atoms with Gasteiger partial charge in [0.15, 0.2) is 0 Å². The zero-order valence-electron chi connectivity index (χ0n) is 11.0. The molecular weight excluding hydrogens is 294 g/mol. The van der Waals surface area contributed by atoms with Crippen molar-refractivity contribution in [3.63, 3.8) is 0 Å². The maximum Gasteiger partial charge on any atom is 0.255 e. The highest BCUT2D eigenvalue weighted by Gasteiger charge is 2.35. The number of nitrogens with zero attached hydrogens (tertiary/aromatic N) is 2. The van der Waals surface area contributed by atoms with Crippen LogP contribution in [0.2, 0.25) is 0 Å². The normalized spacial score (nSPS) is 17.9. The summed E-state index contributed by atoms with van der Waals surface area (Å²) in [5, 5.41) is 8.35. The lowest BCUT2D eigenvalue weighted by atomic mass is 10.00. The van der Waals surface area contributed by atoms with E-state index in [-0.39, 0.29) is 11.4 Å². The van der Waals surface area contributed by atoms with Crippen LogP contribution in [-0.2, 0) is 13.5 Å². The van der Waals surface area contributed by atoms with E-state index >= 15 is 0 Å². The van der Waals surface area contributed by atoms with Gasteiger partial charge in [-0.2, -0.15) is 5.10 Å². The molecule has 0 spiro atoms. The number of rotatable bonds is 4. The smallest absolute Gasteiger partial charge is 0.255 e. The quantitative estimate of drug-likeness (QED) is 0.868. The number of alkyl halides is 1. The first kappa shape index (κ1) is 13.6. The molecule has 1 amide bonds. The molecule has 4 nitrogen and oxygen atoms in total. The summed E-state index contributed by atoms with van der Waals surface area (Å²) in [6, 6.07) is 0. The maximum atomic E-state index is 12.4. The fourth-order valence-corrected chi connectivity index (χ4v) is 3.34. The Morgan fingerprint density at radius 3 is 2.78 bits per heavy atom. The third kappa shape index (κ3) is 2.60. The molecular formula is C13H20BrN3O. The van der Waals surface area contributed by atoms with E-state index < -0.39 is 0 Å². The van der Waals surface area contributed by atoms with Crippen LogP contribution in [0, 0.1) is 0 Å². The standard InChI is InChI=1S/C13H20BrN3O/c1-3-11-10(8-17(2)16-11)12(18)15-13(9-14)6-4-5-7-13/h8H,3-7,9H2,1-2H3,(H,15,18). The van der Waals surface area contributed by atoms with E-state index in [4.69, 9.17) is 0 Å². The summed E-state index contributed by atoms with van der Waals surface area (Å²) in [6.45, 7) is 2.02. The second kappa shape index (κ2) is 5.43. The van der Waals surface area contributed by atoms with Crippen molar-refractivity contribution >= 4 is 21.8 Å². The number of nitrogens with one attached hydrogen (secondary N) is 1. The number of amides is 1. The second-order valence-corrected chi connectivity index (χ2v) is 5.65. The topological polar surface area (TPSA) is 46.9 Å². The highest BCUT2D eigenvalue weighted by Crippen LogP contribution is 2.31. The predicted octanol–water partition coefficient (Wildman–Crippen LogP) is 2.42. The molecule has 0 bridgehead atoms. The minimum absolute atomic E-state index is 0.0151. The van der Waals surface area contributed by atoms with E-state index in [0.717, 1.165) is 30.3 Å². The van der Waals surface area contributed by atoms with Gasteiger partial charge in [0.2, 0.25) is 0 Å². The molecule has 1 N–H and O–H groups in total. The van der Waals surface area contributed by atoms with Crippen LogP contribution >= 0.6 is 15.9 Å². The highest BCUT2D eigenvalue weighted by molar-refractivity contribution is 9.09. The van der Waals surface area contributed by atoms with Crippen LogP contribution in [0.25, 0.3) is 0 Å². The third-order valence-corrected chi connectivity index (χ3v) is 4.75. The van der Waals surface area contributed by atoms with Gasteiger partial charge in [-0.3, -0.25) is 9.48 Å². The SMILES string of the molecule is CCc1nn(C)cc1C(=O)NC1(CBr)CCCC1. The average molecular weight is 314 g/mol. The van der Waals surface area contributed by atoms with Gasteiger partial charge in [0.25, 0.3) is 5.91 Å². The Bertz CT molecular complexity index is 435. The number of halogens is 1. The Morgan fingerprint density at radius 1 is 1.56 bits per heavy atom. The Labute approximate surface area is 116 Å². The first-order valence-corrected chi connectivity index (χ1v) is 7.63. The van der Waals surface area contributed by atoms with E-state index in [0.29, 0.717) is 5.56 Å². The summed E-state index contributed by atoms with van der Waals surface area (Å²) in [7, 11) is 1.85. The van der Waals surface area contributed by atoms with Crippen LogP contribution in [0.1, 0.15) is 48.7 Å². The number of carbonyl (C=O) groups excluding carboxylic acids is 1. The Morgan fingerprint density at radius 2 is 2.22 bits per heavy atom. The van der Waals surface area contributed by atoms with Gasteiger partial charge in [0, 0.05) is 18.6 Å².